The third-order valence-corrected chi connectivity index (χ3v) is 4.75. The number of hydrogen-bond acceptors (Lipinski definition) is 3. The fourth-order valence-corrected chi connectivity index (χ4v) is 3.23. The molecule has 0 unspecified atom stereocenters. The van der Waals surface area contributed by atoms with E-state index in [-0.39, 0.29) is 11.7 Å². The molecule has 0 spiro atoms. The van der Waals surface area contributed by atoms with E-state index < -0.39 is 0 Å². The lowest BCUT2D eigenvalue weighted by Gasteiger charge is -2.32. The number of halogens is 1. The SMILES string of the molecule is CCn1nccc1C(=O)N1CCC(CCOc2ccc(F)cc2)CC1. The molecule has 0 aliphatic carbocycles. The minimum absolute atomic E-state index is 0.0698. The molecule has 3 rings (SSSR count). The monoisotopic (exact) mass is 345 g/mol. The summed E-state index contributed by atoms with van der Waals surface area (Å²) < 4.78 is 20.3. The first-order valence-electron chi connectivity index (χ1n) is 8.87. The summed E-state index contributed by atoms with van der Waals surface area (Å²) in [5, 5.41) is 4.17. The van der Waals surface area contributed by atoms with Crippen molar-refractivity contribution < 1.29 is 13.9 Å². The van der Waals surface area contributed by atoms with Crippen LogP contribution in [0, 0.1) is 11.7 Å². The van der Waals surface area contributed by atoms with Gasteiger partial charge in [0.15, 0.2) is 0 Å². The number of likely N-dealkylation sites (tertiary alicyclic amines) is 1. The van der Waals surface area contributed by atoms with Crippen molar-refractivity contribution in [1.82, 2.24) is 14.7 Å². The van der Waals surface area contributed by atoms with Gasteiger partial charge in [0.2, 0.25) is 0 Å². The molecular weight excluding hydrogens is 321 g/mol. The molecule has 0 radical (unpaired) electrons. The summed E-state index contributed by atoms with van der Waals surface area (Å²) in [6, 6.07) is 7.89. The number of hydrogen-bond donors (Lipinski definition) is 0. The molecular formula is C19H24FN3O2. The van der Waals surface area contributed by atoms with E-state index in [1.807, 2.05) is 11.8 Å². The molecule has 2 heterocycles. The van der Waals surface area contributed by atoms with Gasteiger partial charge in [-0.2, -0.15) is 5.10 Å². The number of amides is 1. The van der Waals surface area contributed by atoms with E-state index in [1.54, 1.807) is 29.1 Å². The average molecular weight is 345 g/mol. The summed E-state index contributed by atoms with van der Waals surface area (Å²) in [5.41, 5.74) is 0.667. The lowest BCUT2D eigenvalue weighted by molar-refractivity contribution is 0.0667. The van der Waals surface area contributed by atoms with Crippen LogP contribution < -0.4 is 4.74 Å². The van der Waals surface area contributed by atoms with Crippen LogP contribution >= 0.6 is 0 Å². The van der Waals surface area contributed by atoms with E-state index >= 15 is 0 Å². The molecule has 0 atom stereocenters. The van der Waals surface area contributed by atoms with Crippen LogP contribution in [0.15, 0.2) is 36.5 Å². The van der Waals surface area contributed by atoms with Crippen LogP contribution in [0.25, 0.3) is 0 Å². The number of piperidine rings is 1. The fraction of sp³-hybridized carbons (Fsp3) is 0.474. The number of rotatable bonds is 6. The zero-order valence-electron chi connectivity index (χ0n) is 14.5. The smallest absolute Gasteiger partial charge is 0.272 e. The Morgan fingerprint density at radius 3 is 2.64 bits per heavy atom. The Morgan fingerprint density at radius 2 is 1.96 bits per heavy atom. The van der Waals surface area contributed by atoms with Gasteiger partial charge in [-0.05, 0) is 62.4 Å². The van der Waals surface area contributed by atoms with Crippen molar-refractivity contribution in [2.24, 2.45) is 5.92 Å². The van der Waals surface area contributed by atoms with Crippen LogP contribution in [0.4, 0.5) is 4.39 Å². The number of carbonyl (C=O) groups is 1. The molecule has 1 amide bonds. The Morgan fingerprint density at radius 1 is 1.24 bits per heavy atom. The lowest BCUT2D eigenvalue weighted by Crippen LogP contribution is -2.39. The number of aromatic nitrogens is 2. The summed E-state index contributed by atoms with van der Waals surface area (Å²) >= 11 is 0. The van der Waals surface area contributed by atoms with Gasteiger partial charge in [-0.3, -0.25) is 9.48 Å². The molecule has 0 saturated carbocycles. The molecule has 5 nitrogen and oxygen atoms in total. The Bertz CT molecular complexity index is 691. The van der Waals surface area contributed by atoms with Gasteiger partial charge >= 0.3 is 0 Å². The summed E-state index contributed by atoms with van der Waals surface area (Å²) in [7, 11) is 0. The highest BCUT2D eigenvalue weighted by molar-refractivity contribution is 5.92. The molecule has 134 valence electrons. The van der Waals surface area contributed by atoms with Crippen LogP contribution in [0.5, 0.6) is 5.75 Å². The first-order valence-corrected chi connectivity index (χ1v) is 8.87. The van der Waals surface area contributed by atoms with Crippen LogP contribution in [-0.4, -0.2) is 40.3 Å². The van der Waals surface area contributed by atoms with Gasteiger partial charge in [0.1, 0.15) is 17.3 Å². The molecule has 1 saturated heterocycles. The highest BCUT2D eigenvalue weighted by Gasteiger charge is 2.25. The van der Waals surface area contributed by atoms with Gasteiger partial charge in [-0.15, -0.1) is 0 Å². The van der Waals surface area contributed by atoms with E-state index in [1.165, 1.54) is 12.1 Å². The van der Waals surface area contributed by atoms with E-state index in [0.29, 0.717) is 30.5 Å². The highest BCUT2D eigenvalue weighted by atomic mass is 19.1. The maximum absolute atomic E-state index is 12.9. The third kappa shape index (κ3) is 4.38. The molecule has 25 heavy (non-hydrogen) atoms. The Labute approximate surface area is 147 Å². The van der Waals surface area contributed by atoms with Gasteiger partial charge in [0.25, 0.3) is 5.91 Å². The third-order valence-electron chi connectivity index (χ3n) is 4.75. The van der Waals surface area contributed by atoms with Gasteiger partial charge in [-0.25, -0.2) is 4.39 Å². The van der Waals surface area contributed by atoms with Gasteiger partial charge in [-0.1, -0.05) is 0 Å². The number of aryl methyl sites for hydroxylation is 1. The van der Waals surface area contributed by atoms with E-state index in [0.717, 1.165) is 32.4 Å². The van der Waals surface area contributed by atoms with Crippen molar-refractivity contribution in [1.29, 1.82) is 0 Å². The lowest BCUT2D eigenvalue weighted by atomic mass is 9.94. The Kier molecular flexibility index (Phi) is 5.68. The van der Waals surface area contributed by atoms with Crippen LogP contribution in [-0.2, 0) is 6.54 Å². The molecule has 1 fully saturated rings. The molecule has 1 aromatic carbocycles. The molecule has 6 heteroatoms. The zero-order chi connectivity index (χ0) is 17.6. The Balaban J connectivity index is 1.42. The Hall–Kier alpha value is -2.37. The van der Waals surface area contributed by atoms with Crippen molar-refractivity contribution in [2.75, 3.05) is 19.7 Å². The first-order chi connectivity index (χ1) is 12.2. The highest BCUT2D eigenvalue weighted by Crippen LogP contribution is 2.22. The minimum atomic E-state index is -0.256. The second-order valence-corrected chi connectivity index (χ2v) is 6.36. The molecule has 1 aliphatic rings. The molecule has 0 N–H and O–H groups in total. The summed E-state index contributed by atoms with van der Waals surface area (Å²) in [6.07, 6.45) is 4.60. The van der Waals surface area contributed by atoms with Gasteiger partial charge in [0, 0.05) is 25.8 Å². The van der Waals surface area contributed by atoms with E-state index in [2.05, 4.69) is 5.10 Å². The van der Waals surface area contributed by atoms with E-state index in [4.69, 9.17) is 4.74 Å². The predicted octanol–water partition coefficient (Wildman–Crippen LogP) is 3.36. The van der Waals surface area contributed by atoms with Crippen molar-refractivity contribution in [3.63, 3.8) is 0 Å². The number of nitrogens with zero attached hydrogens (tertiary/aromatic N) is 3. The normalized spacial score (nSPS) is 15.4. The minimum Gasteiger partial charge on any atom is -0.494 e. The molecule has 1 aromatic heterocycles. The number of carbonyl (C=O) groups excluding carboxylic acids is 1. The van der Waals surface area contributed by atoms with Crippen LogP contribution in [0.2, 0.25) is 0 Å². The maximum atomic E-state index is 12.9. The van der Waals surface area contributed by atoms with Crippen LogP contribution in [0.3, 0.4) is 0 Å². The number of ether oxygens (including phenoxy) is 1. The van der Waals surface area contributed by atoms with Crippen molar-refractivity contribution in [3.05, 3.63) is 48.0 Å². The largest absolute Gasteiger partial charge is 0.494 e. The van der Waals surface area contributed by atoms with Crippen molar-refractivity contribution in [3.8, 4) is 5.75 Å². The quantitative estimate of drug-likeness (QED) is 0.806. The second-order valence-electron chi connectivity index (χ2n) is 6.36. The second kappa shape index (κ2) is 8.14. The standard InChI is InChI=1S/C19H24FN3O2/c1-2-23-18(7-11-21-23)19(24)22-12-8-15(9-13-22)10-14-25-17-5-3-16(20)4-6-17/h3-7,11,15H,2,8-10,12-14H2,1H3. The van der Waals surface area contributed by atoms with Crippen molar-refractivity contribution in [2.45, 2.75) is 32.7 Å². The molecule has 2 aromatic rings. The molecule has 0 bridgehead atoms. The summed E-state index contributed by atoms with van der Waals surface area (Å²) in [5.74, 6) is 1.07. The molecule has 1 aliphatic heterocycles. The van der Waals surface area contributed by atoms with Crippen LogP contribution in [0.1, 0.15) is 36.7 Å². The summed E-state index contributed by atoms with van der Waals surface area (Å²) in [4.78, 5) is 14.5. The zero-order valence-corrected chi connectivity index (χ0v) is 14.5. The van der Waals surface area contributed by atoms with Gasteiger partial charge in [0.05, 0.1) is 6.61 Å². The topological polar surface area (TPSA) is 47.4 Å². The maximum Gasteiger partial charge on any atom is 0.272 e. The van der Waals surface area contributed by atoms with Crippen molar-refractivity contribution >= 4 is 5.91 Å². The van der Waals surface area contributed by atoms with E-state index in [9.17, 15) is 9.18 Å². The predicted molar refractivity (Wildman–Crippen MR) is 93.0 cm³/mol. The fourth-order valence-electron chi connectivity index (χ4n) is 3.23. The number of benzene rings is 1. The first kappa shape index (κ1) is 17.5. The average Bonchev–Trinajstić information content (AvgIpc) is 3.12. The summed E-state index contributed by atoms with van der Waals surface area (Å²) in [6.45, 7) is 4.85. The van der Waals surface area contributed by atoms with Gasteiger partial charge < -0.3 is 9.64 Å².